The van der Waals surface area contributed by atoms with Crippen LogP contribution < -0.4 is 10.1 Å². The molecule has 0 aliphatic carbocycles. The lowest BCUT2D eigenvalue weighted by atomic mass is 10.1. The number of ether oxygens (including phenoxy) is 1. The van der Waals surface area contributed by atoms with Crippen LogP contribution in [0.15, 0.2) is 29.2 Å². The van der Waals surface area contributed by atoms with Crippen LogP contribution in [-0.2, 0) is 4.79 Å². The van der Waals surface area contributed by atoms with Crippen molar-refractivity contribution in [2.75, 3.05) is 33.0 Å². The summed E-state index contributed by atoms with van der Waals surface area (Å²) in [5.41, 5.74) is 0. The fraction of sp³-hybridized carbons (Fsp3) is 0.562. The Bertz CT molecular complexity index is 442. The van der Waals surface area contributed by atoms with E-state index in [9.17, 15) is 4.79 Å². The van der Waals surface area contributed by atoms with Gasteiger partial charge in [-0.2, -0.15) is 0 Å². The van der Waals surface area contributed by atoms with Crippen LogP contribution in [0.3, 0.4) is 0 Å². The lowest BCUT2D eigenvalue weighted by Crippen LogP contribution is -2.44. The normalized spacial score (nSPS) is 16.0. The molecule has 0 atom stereocenters. The second-order valence-corrected chi connectivity index (χ2v) is 6.39. The van der Waals surface area contributed by atoms with E-state index >= 15 is 0 Å². The number of nitrogens with one attached hydrogen (secondary N) is 1. The largest absolute Gasteiger partial charge is 0.497 e. The number of methoxy groups -OCH3 is 1. The third-order valence-electron chi connectivity index (χ3n) is 3.90. The van der Waals surface area contributed by atoms with Crippen molar-refractivity contribution in [3.8, 4) is 5.75 Å². The third kappa shape index (κ3) is 4.93. The van der Waals surface area contributed by atoms with E-state index in [4.69, 9.17) is 4.74 Å². The molecule has 116 valence electrons. The first-order chi connectivity index (χ1) is 10.2. The molecule has 1 aliphatic rings. The van der Waals surface area contributed by atoms with Crippen molar-refractivity contribution in [1.82, 2.24) is 10.2 Å². The fourth-order valence-electron chi connectivity index (χ4n) is 2.50. The molecule has 0 bridgehead atoms. The fourth-order valence-corrected chi connectivity index (χ4v) is 3.34. The van der Waals surface area contributed by atoms with Gasteiger partial charge in [0.1, 0.15) is 5.75 Å². The molecule has 1 fully saturated rings. The van der Waals surface area contributed by atoms with E-state index < -0.39 is 0 Å². The van der Waals surface area contributed by atoms with Crippen molar-refractivity contribution in [2.45, 2.75) is 30.2 Å². The summed E-state index contributed by atoms with van der Waals surface area (Å²) in [7, 11) is 3.66. The standard InChI is InChI=1S/C16H24N2O2S/c1-17-13-7-10-18(11-8-13)16(19)9-12-21-15-5-3-14(20-2)4-6-15/h3-6,13,17H,7-12H2,1-2H3. The number of carbonyl (C=O) groups is 1. The Morgan fingerprint density at radius 3 is 2.57 bits per heavy atom. The van der Waals surface area contributed by atoms with Crippen molar-refractivity contribution >= 4 is 17.7 Å². The molecule has 1 aliphatic heterocycles. The Kier molecular flexibility index (Phi) is 6.39. The molecule has 1 N–H and O–H groups in total. The molecule has 2 rings (SSSR count). The molecule has 5 heteroatoms. The van der Waals surface area contributed by atoms with Crippen LogP contribution in [-0.4, -0.2) is 49.8 Å². The Labute approximate surface area is 131 Å². The average Bonchev–Trinajstić information content (AvgIpc) is 2.55. The van der Waals surface area contributed by atoms with Gasteiger partial charge < -0.3 is 15.0 Å². The maximum absolute atomic E-state index is 12.2. The lowest BCUT2D eigenvalue weighted by molar-refractivity contribution is -0.131. The highest BCUT2D eigenvalue weighted by Crippen LogP contribution is 2.22. The zero-order valence-electron chi connectivity index (χ0n) is 12.8. The van der Waals surface area contributed by atoms with Crippen molar-refractivity contribution < 1.29 is 9.53 Å². The van der Waals surface area contributed by atoms with Gasteiger partial charge in [0, 0.05) is 36.2 Å². The zero-order valence-corrected chi connectivity index (χ0v) is 13.6. The quantitative estimate of drug-likeness (QED) is 0.819. The van der Waals surface area contributed by atoms with Gasteiger partial charge in [-0.15, -0.1) is 11.8 Å². The topological polar surface area (TPSA) is 41.6 Å². The van der Waals surface area contributed by atoms with Crippen LogP contribution >= 0.6 is 11.8 Å². The molecule has 1 amide bonds. The average molecular weight is 308 g/mol. The maximum Gasteiger partial charge on any atom is 0.223 e. The second kappa shape index (κ2) is 8.29. The Morgan fingerprint density at radius 1 is 1.33 bits per heavy atom. The highest BCUT2D eigenvalue weighted by Gasteiger charge is 2.21. The van der Waals surface area contributed by atoms with E-state index in [2.05, 4.69) is 5.32 Å². The van der Waals surface area contributed by atoms with Crippen LogP contribution in [0.1, 0.15) is 19.3 Å². The molecule has 4 nitrogen and oxygen atoms in total. The Morgan fingerprint density at radius 2 is 2.00 bits per heavy atom. The van der Waals surface area contributed by atoms with Gasteiger partial charge in [-0.05, 0) is 44.2 Å². The summed E-state index contributed by atoms with van der Waals surface area (Å²) >= 11 is 1.72. The smallest absolute Gasteiger partial charge is 0.223 e. The molecule has 21 heavy (non-hydrogen) atoms. The van der Waals surface area contributed by atoms with Gasteiger partial charge in [0.05, 0.1) is 7.11 Å². The minimum atomic E-state index is 0.283. The Balaban J connectivity index is 1.69. The number of hydrogen-bond acceptors (Lipinski definition) is 4. The van der Waals surface area contributed by atoms with E-state index in [1.807, 2.05) is 36.2 Å². The van der Waals surface area contributed by atoms with Gasteiger partial charge in [0.15, 0.2) is 0 Å². The summed E-state index contributed by atoms with van der Waals surface area (Å²) in [6, 6.07) is 8.54. The number of hydrogen-bond donors (Lipinski definition) is 1. The molecule has 1 aromatic rings. The van der Waals surface area contributed by atoms with Gasteiger partial charge >= 0.3 is 0 Å². The highest BCUT2D eigenvalue weighted by atomic mass is 32.2. The van der Waals surface area contributed by atoms with Crippen molar-refractivity contribution in [1.29, 1.82) is 0 Å². The van der Waals surface area contributed by atoms with E-state index in [1.54, 1.807) is 18.9 Å². The SMILES string of the molecule is CNC1CCN(C(=O)CCSc2ccc(OC)cc2)CC1. The summed E-state index contributed by atoms with van der Waals surface area (Å²) in [5, 5.41) is 3.29. The summed E-state index contributed by atoms with van der Waals surface area (Å²) in [4.78, 5) is 15.3. The number of carbonyl (C=O) groups excluding carboxylic acids is 1. The summed E-state index contributed by atoms with van der Waals surface area (Å²) in [6.45, 7) is 1.77. The first-order valence-corrected chi connectivity index (χ1v) is 8.43. The molecule has 0 saturated carbocycles. The number of likely N-dealkylation sites (tertiary alicyclic amines) is 1. The van der Waals surface area contributed by atoms with Crippen LogP contribution in [0, 0.1) is 0 Å². The molecule has 0 radical (unpaired) electrons. The molecule has 1 heterocycles. The van der Waals surface area contributed by atoms with Crippen molar-refractivity contribution in [2.24, 2.45) is 0 Å². The van der Waals surface area contributed by atoms with Gasteiger partial charge in [-0.3, -0.25) is 4.79 Å². The molecule has 0 aromatic heterocycles. The minimum Gasteiger partial charge on any atom is -0.497 e. The second-order valence-electron chi connectivity index (χ2n) is 5.22. The van der Waals surface area contributed by atoms with Crippen LogP contribution in [0.5, 0.6) is 5.75 Å². The number of benzene rings is 1. The van der Waals surface area contributed by atoms with Gasteiger partial charge in [-0.1, -0.05) is 0 Å². The van der Waals surface area contributed by atoms with Gasteiger partial charge in [0.2, 0.25) is 5.91 Å². The molecular weight excluding hydrogens is 284 g/mol. The van der Waals surface area contributed by atoms with E-state index in [0.717, 1.165) is 37.4 Å². The molecular formula is C16H24N2O2S. The first kappa shape index (κ1) is 16.2. The minimum absolute atomic E-state index is 0.283. The number of rotatable bonds is 6. The van der Waals surface area contributed by atoms with Crippen molar-refractivity contribution in [3.05, 3.63) is 24.3 Å². The molecule has 0 spiro atoms. The lowest BCUT2D eigenvalue weighted by Gasteiger charge is -2.31. The maximum atomic E-state index is 12.2. The van der Waals surface area contributed by atoms with Gasteiger partial charge in [0.25, 0.3) is 0 Å². The highest BCUT2D eigenvalue weighted by molar-refractivity contribution is 7.99. The molecule has 1 aromatic carbocycles. The summed E-state index contributed by atoms with van der Waals surface area (Å²) < 4.78 is 5.13. The summed E-state index contributed by atoms with van der Waals surface area (Å²) in [5.74, 6) is 1.98. The number of amides is 1. The van der Waals surface area contributed by atoms with Crippen molar-refractivity contribution in [3.63, 3.8) is 0 Å². The van der Waals surface area contributed by atoms with Gasteiger partial charge in [-0.25, -0.2) is 0 Å². The number of thioether (sulfide) groups is 1. The van der Waals surface area contributed by atoms with Crippen LogP contribution in [0.2, 0.25) is 0 Å². The monoisotopic (exact) mass is 308 g/mol. The molecule has 0 unspecified atom stereocenters. The van der Waals surface area contributed by atoms with Crippen LogP contribution in [0.25, 0.3) is 0 Å². The zero-order chi connectivity index (χ0) is 15.1. The molecule has 1 saturated heterocycles. The number of piperidine rings is 1. The Hall–Kier alpha value is -1.20. The third-order valence-corrected chi connectivity index (χ3v) is 4.91. The first-order valence-electron chi connectivity index (χ1n) is 7.45. The van der Waals surface area contributed by atoms with E-state index in [-0.39, 0.29) is 5.91 Å². The summed E-state index contributed by atoms with van der Waals surface area (Å²) in [6.07, 6.45) is 2.74. The predicted octanol–water partition coefficient (Wildman–Crippen LogP) is 2.39. The van der Waals surface area contributed by atoms with E-state index in [1.165, 1.54) is 4.90 Å². The van der Waals surface area contributed by atoms with E-state index in [0.29, 0.717) is 12.5 Å². The number of nitrogens with zero attached hydrogens (tertiary/aromatic N) is 1. The predicted molar refractivity (Wildman–Crippen MR) is 87.0 cm³/mol. The van der Waals surface area contributed by atoms with Crippen LogP contribution in [0.4, 0.5) is 0 Å².